The molecule has 0 unspecified atom stereocenters. The Kier molecular flexibility index (Phi) is 3.59. The summed E-state index contributed by atoms with van der Waals surface area (Å²) in [7, 11) is 0. The van der Waals surface area contributed by atoms with E-state index in [-0.39, 0.29) is 5.69 Å². The van der Waals surface area contributed by atoms with Crippen molar-refractivity contribution in [2.24, 2.45) is 0 Å². The summed E-state index contributed by atoms with van der Waals surface area (Å²) >= 11 is 0. The fourth-order valence-electron chi connectivity index (χ4n) is 2.74. The second-order valence-electron chi connectivity index (χ2n) is 5.56. The number of fused-ring (bicyclic) bond motifs is 1. The molecule has 2 aromatic heterocycles. The number of pyridine rings is 1. The highest BCUT2D eigenvalue weighted by atomic mass is 16.1. The third-order valence-electron chi connectivity index (χ3n) is 3.88. The molecule has 2 aromatic carbocycles. The molecule has 4 aromatic rings. The standard InChI is InChI=1S/C19H16N4O/c24-19-22-17-12-15(21-14-6-2-1-3-7-14)9-10-18(17)23(19)13-16-8-4-5-11-20-16/h1-12,21H,13H2,(H,22,24). The number of para-hydroxylation sites is 1. The van der Waals surface area contributed by atoms with Crippen LogP contribution in [0.25, 0.3) is 11.0 Å². The number of aromatic amines is 1. The number of hydrogen-bond acceptors (Lipinski definition) is 3. The first-order valence-electron chi connectivity index (χ1n) is 7.74. The van der Waals surface area contributed by atoms with Crippen LogP contribution in [0.4, 0.5) is 11.4 Å². The molecule has 0 aliphatic carbocycles. The Balaban J connectivity index is 1.68. The zero-order valence-electron chi connectivity index (χ0n) is 12.9. The largest absolute Gasteiger partial charge is 0.355 e. The van der Waals surface area contributed by atoms with Gasteiger partial charge in [0.25, 0.3) is 0 Å². The van der Waals surface area contributed by atoms with E-state index in [0.29, 0.717) is 6.54 Å². The average Bonchev–Trinajstić information content (AvgIpc) is 2.92. The van der Waals surface area contributed by atoms with Gasteiger partial charge < -0.3 is 10.3 Å². The first-order chi connectivity index (χ1) is 11.8. The summed E-state index contributed by atoms with van der Waals surface area (Å²) in [5.74, 6) is 0. The highest BCUT2D eigenvalue weighted by Crippen LogP contribution is 2.21. The lowest BCUT2D eigenvalue weighted by molar-refractivity contribution is 0.765. The molecule has 0 atom stereocenters. The Hall–Kier alpha value is -3.34. The van der Waals surface area contributed by atoms with Gasteiger partial charge in [0, 0.05) is 17.6 Å². The van der Waals surface area contributed by atoms with E-state index in [9.17, 15) is 4.79 Å². The van der Waals surface area contributed by atoms with Gasteiger partial charge in [-0.25, -0.2) is 4.79 Å². The van der Waals surface area contributed by atoms with E-state index in [1.165, 1.54) is 0 Å². The van der Waals surface area contributed by atoms with E-state index in [1.807, 2.05) is 66.7 Å². The molecule has 2 heterocycles. The van der Waals surface area contributed by atoms with Crippen LogP contribution in [0.15, 0.2) is 77.7 Å². The summed E-state index contributed by atoms with van der Waals surface area (Å²) in [6.45, 7) is 0.450. The monoisotopic (exact) mass is 316 g/mol. The van der Waals surface area contributed by atoms with Gasteiger partial charge in [-0.3, -0.25) is 9.55 Å². The number of H-pyrrole nitrogens is 1. The summed E-state index contributed by atoms with van der Waals surface area (Å²) in [5, 5.41) is 3.33. The normalized spacial score (nSPS) is 10.8. The van der Waals surface area contributed by atoms with Gasteiger partial charge >= 0.3 is 5.69 Å². The Morgan fingerprint density at radius 3 is 2.58 bits per heavy atom. The first kappa shape index (κ1) is 14.3. The van der Waals surface area contributed by atoms with Crippen molar-refractivity contribution >= 4 is 22.4 Å². The van der Waals surface area contributed by atoms with E-state index < -0.39 is 0 Å². The Labute approximate surface area is 138 Å². The molecule has 4 rings (SSSR count). The molecule has 0 saturated carbocycles. The van der Waals surface area contributed by atoms with Crippen molar-refractivity contribution in [1.82, 2.24) is 14.5 Å². The fourth-order valence-corrected chi connectivity index (χ4v) is 2.74. The van der Waals surface area contributed by atoms with Gasteiger partial charge in [-0.1, -0.05) is 24.3 Å². The molecule has 0 radical (unpaired) electrons. The molecule has 0 amide bonds. The Bertz CT molecular complexity index is 1020. The smallest absolute Gasteiger partial charge is 0.326 e. The number of hydrogen-bond donors (Lipinski definition) is 2. The predicted molar refractivity (Wildman–Crippen MR) is 95.6 cm³/mol. The highest BCUT2D eigenvalue weighted by molar-refractivity contribution is 5.81. The molecule has 0 bridgehead atoms. The van der Waals surface area contributed by atoms with E-state index >= 15 is 0 Å². The SMILES string of the molecule is O=c1[nH]c2cc(Nc3ccccc3)ccc2n1Cc1ccccn1. The minimum atomic E-state index is -0.132. The molecule has 24 heavy (non-hydrogen) atoms. The van der Waals surface area contributed by atoms with Crippen LogP contribution in [0.1, 0.15) is 5.69 Å². The van der Waals surface area contributed by atoms with Gasteiger partial charge in [0.15, 0.2) is 0 Å². The van der Waals surface area contributed by atoms with Gasteiger partial charge in [-0.15, -0.1) is 0 Å². The quantitative estimate of drug-likeness (QED) is 0.605. The van der Waals surface area contributed by atoms with Crippen molar-refractivity contribution in [3.8, 4) is 0 Å². The minimum absolute atomic E-state index is 0.132. The number of aromatic nitrogens is 3. The number of nitrogens with zero attached hydrogens (tertiary/aromatic N) is 2. The van der Waals surface area contributed by atoms with Gasteiger partial charge in [0.1, 0.15) is 0 Å². The van der Waals surface area contributed by atoms with Gasteiger partial charge in [0.2, 0.25) is 0 Å². The molecule has 0 aliphatic rings. The Morgan fingerprint density at radius 1 is 0.958 bits per heavy atom. The summed E-state index contributed by atoms with van der Waals surface area (Å²) in [4.78, 5) is 19.5. The molecule has 118 valence electrons. The summed E-state index contributed by atoms with van der Waals surface area (Å²) in [6.07, 6.45) is 1.73. The second-order valence-corrected chi connectivity index (χ2v) is 5.56. The van der Waals surface area contributed by atoms with Crippen LogP contribution in [-0.4, -0.2) is 14.5 Å². The number of benzene rings is 2. The van der Waals surface area contributed by atoms with Crippen LogP contribution in [0.2, 0.25) is 0 Å². The zero-order chi connectivity index (χ0) is 16.4. The lowest BCUT2D eigenvalue weighted by Gasteiger charge is -2.07. The summed E-state index contributed by atoms with van der Waals surface area (Å²) in [5.41, 5.74) is 4.33. The number of anilines is 2. The van der Waals surface area contributed by atoms with Gasteiger partial charge in [0.05, 0.1) is 23.3 Å². The van der Waals surface area contributed by atoms with Crippen molar-refractivity contribution in [3.05, 3.63) is 89.1 Å². The molecule has 0 aliphatic heterocycles. The minimum Gasteiger partial charge on any atom is -0.355 e. The van der Waals surface area contributed by atoms with Crippen LogP contribution in [0, 0.1) is 0 Å². The first-order valence-corrected chi connectivity index (χ1v) is 7.74. The fraction of sp³-hybridized carbons (Fsp3) is 0.0526. The lowest BCUT2D eigenvalue weighted by Crippen LogP contribution is -2.17. The molecule has 0 fully saturated rings. The lowest BCUT2D eigenvalue weighted by atomic mass is 10.2. The Morgan fingerprint density at radius 2 is 1.79 bits per heavy atom. The van der Waals surface area contributed by atoms with Crippen LogP contribution < -0.4 is 11.0 Å². The number of nitrogens with one attached hydrogen (secondary N) is 2. The van der Waals surface area contributed by atoms with Crippen LogP contribution in [0.5, 0.6) is 0 Å². The van der Waals surface area contributed by atoms with E-state index in [1.54, 1.807) is 10.8 Å². The number of imidazole rings is 1. The highest BCUT2D eigenvalue weighted by Gasteiger charge is 2.08. The molecule has 0 spiro atoms. The molecular formula is C19H16N4O. The van der Waals surface area contributed by atoms with Crippen LogP contribution >= 0.6 is 0 Å². The van der Waals surface area contributed by atoms with Crippen molar-refractivity contribution in [3.63, 3.8) is 0 Å². The van der Waals surface area contributed by atoms with Crippen LogP contribution in [0.3, 0.4) is 0 Å². The van der Waals surface area contributed by atoms with Gasteiger partial charge in [-0.2, -0.15) is 0 Å². The topological polar surface area (TPSA) is 62.7 Å². The maximum atomic E-state index is 12.3. The van der Waals surface area contributed by atoms with E-state index in [0.717, 1.165) is 28.1 Å². The van der Waals surface area contributed by atoms with E-state index in [2.05, 4.69) is 15.3 Å². The van der Waals surface area contributed by atoms with Crippen molar-refractivity contribution < 1.29 is 0 Å². The molecular weight excluding hydrogens is 300 g/mol. The van der Waals surface area contributed by atoms with Crippen molar-refractivity contribution in [2.75, 3.05) is 5.32 Å². The predicted octanol–water partition coefficient (Wildman–Crippen LogP) is 3.52. The summed E-state index contributed by atoms with van der Waals surface area (Å²) < 4.78 is 1.70. The number of rotatable bonds is 4. The van der Waals surface area contributed by atoms with E-state index in [4.69, 9.17) is 0 Å². The van der Waals surface area contributed by atoms with Crippen molar-refractivity contribution in [2.45, 2.75) is 6.54 Å². The average molecular weight is 316 g/mol. The van der Waals surface area contributed by atoms with Crippen molar-refractivity contribution in [1.29, 1.82) is 0 Å². The maximum absolute atomic E-state index is 12.3. The molecule has 5 nitrogen and oxygen atoms in total. The summed E-state index contributed by atoms with van der Waals surface area (Å²) in [6, 6.07) is 21.5. The third-order valence-corrected chi connectivity index (χ3v) is 3.88. The van der Waals surface area contributed by atoms with Crippen LogP contribution in [-0.2, 0) is 6.54 Å². The second kappa shape index (κ2) is 6.04. The molecule has 0 saturated heterocycles. The third kappa shape index (κ3) is 2.79. The zero-order valence-corrected chi connectivity index (χ0v) is 12.9. The van der Waals surface area contributed by atoms with Gasteiger partial charge in [-0.05, 0) is 42.5 Å². The maximum Gasteiger partial charge on any atom is 0.326 e. The molecule has 5 heteroatoms. The molecule has 2 N–H and O–H groups in total.